The molecule has 0 saturated heterocycles. The Morgan fingerprint density at radius 2 is 1.70 bits per heavy atom. The van der Waals surface area contributed by atoms with E-state index in [1.54, 1.807) is 49.6 Å². The number of benzene rings is 2. The largest absolute Gasteiger partial charge is 0.497 e. The van der Waals surface area contributed by atoms with Crippen LogP contribution in [0.15, 0.2) is 63.9 Å². The van der Waals surface area contributed by atoms with E-state index >= 15 is 0 Å². The van der Waals surface area contributed by atoms with Crippen molar-refractivity contribution in [2.75, 3.05) is 7.11 Å². The zero-order valence-corrected chi connectivity index (χ0v) is 13.2. The summed E-state index contributed by atoms with van der Waals surface area (Å²) in [4.78, 5) is 0.226. The van der Waals surface area contributed by atoms with Crippen molar-refractivity contribution < 1.29 is 17.6 Å². The summed E-state index contributed by atoms with van der Waals surface area (Å²) in [5.41, 5.74) is 0.696. The van der Waals surface area contributed by atoms with Crippen molar-refractivity contribution in [2.24, 2.45) is 0 Å². The molecule has 6 nitrogen and oxygen atoms in total. The molecule has 0 radical (unpaired) electrons. The molecule has 2 aromatic carbocycles. The van der Waals surface area contributed by atoms with Gasteiger partial charge in [-0.15, -0.1) is 10.2 Å². The maximum absolute atomic E-state index is 12.3. The van der Waals surface area contributed by atoms with Gasteiger partial charge in [0.15, 0.2) is 9.84 Å². The van der Waals surface area contributed by atoms with Gasteiger partial charge in [-0.25, -0.2) is 8.42 Å². The first-order valence-corrected chi connectivity index (χ1v) is 8.48. The van der Waals surface area contributed by atoms with E-state index in [0.717, 1.165) is 0 Å². The molecule has 0 aliphatic rings. The molecule has 0 fully saturated rings. The Morgan fingerprint density at radius 1 is 1.00 bits per heavy atom. The number of aromatic nitrogens is 2. The Labute approximate surface area is 133 Å². The summed E-state index contributed by atoms with van der Waals surface area (Å²) in [5, 5.41) is 7.72. The second kappa shape index (κ2) is 6.21. The summed E-state index contributed by atoms with van der Waals surface area (Å²) in [6, 6.07) is 15.2. The number of ether oxygens (including phenoxy) is 1. The third-order valence-electron chi connectivity index (χ3n) is 3.22. The van der Waals surface area contributed by atoms with Gasteiger partial charge in [0.05, 0.1) is 12.0 Å². The lowest BCUT2D eigenvalue weighted by atomic mass is 10.2. The molecule has 0 unspecified atom stereocenters. The van der Waals surface area contributed by atoms with Gasteiger partial charge in [-0.1, -0.05) is 18.2 Å². The van der Waals surface area contributed by atoms with E-state index in [2.05, 4.69) is 10.2 Å². The van der Waals surface area contributed by atoms with Crippen LogP contribution in [0.4, 0.5) is 0 Å². The van der Waals surface area contributed by atoms with Crippen LogP contribution in [0.25, 0.3) is 11.5 Å². The number of rotatable bonds is 5. The van der Waals surface area contributed by atoms with Crippen molar-refractivity contribution in [3.05, 3.63) is 60.5 Å². The maximum Gasteiger partial charge on any atom is 0.247 e. The van der Waals surface area contributed by atoms with Crippen LogP contribution in [0, 0.1) is 0 Å². The van der Waals surface area contributed by atoms with Crippen molar-refractivity contribution in [2.45, 2.75) is 10.6 Å². The third kappa shape index (κ3) is 3.40. The highest BCUT2D eigenvalue weighted by Crippen LogP contribution is 2.22. The number of hydrogen-bond acceptors (Lipinski definition) is 6. The Balaban J connectivity index is 1.82. The molecule has 3 rings (SSSR count). The molecule has 1 aromatic heterocycles. The lowest BCUT2D eigenvalue weighted by molar-refractivity contribution is 0.415. The second-order valence-electron chi connectivity index (χ2n) is 4.80. The van der Waals surface area contributed by atoms with Gasteiger partial charge in [-0.3, -0.25) is 0 Å². The number of methoxy groups -OCH3 is 1. The van der Waals surface area contributed by atoms with E-state index in [1.807, 2.05) is 0 Å². The minimum Gasteiger partial charge on any atom is -0.497 e. The van der Waals surface area contributed by atoms with E-state index < -0.39 is 9.84 Å². The van der Waals surface area contributed by atoms with Gasteiger partial charge < -0.3 is 9.15 Å². The quantitative estimate of drug-likeness (QED) is 0.715. The highest BCUT2D eigenvalue weighted by Gasteiger charge is 2.19. The van der Waals surface area contributed by atoms with Crippen molar-refractivity contribution in [1.82, 2.24) is 10.2 Å². The molecule has 0 atom stereocenters. The first-order chi connectivity index (χ1) is 11.1. The van der Waals surface area contributed by atoms with E-state index in [4.69, 9.17) is 9.15 Å². The van der Waals surface area contributed by atoms with Crippen LogP contribution >= 0.6 is 0 Å². The SMILES string of the molecule is COc1ccc(-c2nnc(CS(=O)(=O)c3ccccc3)o2)cc1. The lowest BCUT2D eigenvalue weighted by Crippen LogP contribution is -2.04. The summed E-state index contributed by atoms with van der Waals surface area (Å²) in [6.07, 6.45) is 0. The predicted octanol–water partition coefficient (Wildman–Crippen LogP) is 2.72. The molecule has 0 amide bonds. The summed E-state index contributed by atoms with van der Waals surface area (Å²) in [7, 11) is -1.93. The van der Waals surface area contributed by atoms with E-state index in [-0.39, 0.29) is 22.4 Å². The van der Waals surface area contributed by atoms with Crippen LogP contribution in [0.2, 0.25) is 0 Å². The molecule has 0 spiro atoms. The molecule has 0 bridgehead atoms. The normalized spacial score (nSPS) is 11.3. The highest BCUT2D eigenvalue weighted by molar-refractivity contribution is 7.90. The van der Waals surface area contributed by atoms with Crippen LogP contribution in [0.5, 0.6) is 5.75 Å². The maximum atomic E-state index is 12.3. The highest BCUT2D eigenvalue weighted by atomic mass is 32.2. The van der Waals surface area contributed by atoms with Crippen LogP contribution in [0.3, 0.4) is 0 Å². The fourth-order valence-corrected chi connectivity index (χ4v) is 3.22. The number of hydrogen-bond donors (Lipinski definition) is 0. The van der Waals surface area contributed by atoms with E-state index in [0.29, 0.717) is 11.3 Å². The Morgan fingerprint density at radius 3 is 2.35 bits per heavy atom. The lowest BCUT2D eigenvalue weighted by Gasteiger charge is -2.01. The van der Waals surface area contributed by atoms with Crippen molar-refractivity contribution in [3.63, 3.8) is 0 Å². The Kier molecular flexibility index (Phi) is 4.12. The zero-order chi connectivity index (χ0) is 16.3. The minimum atomic E-state index is -3.51. The van der Waals surface area contributed by atoms with Crippen molar-refractivity contribution >= 4 is 9.84 Å². The molecule has 23 heavy (non-hydrogen) atoms. The average molecular weight is 330 g/mol. The van der Waals surface area contributed by atoms with Gasteiger partial charge in [0.25, 0.3) is 0 Å². The first kappa shape index (κ1) is 15.2. The van der Waals surface area contributed by atoms with Gasteiger partial charge in [0.1, 0.15) is 11.5 Å². The van der Waals surface area contributed by atoms with Gasteiger partial charge in [-0.05, 0) is 36.4 Å². The molecule has 1 heterocycles. The summed E-state index contributed by atoms with van der Waals surface area (Å²) >= 11 is 0. The summed E-state index contributed by atoms with van der Waals surface area (Å²) < 4.78 is 35.1. The molecule has 0 saturated carbocycles. The molecular weight excluding hydrogens is 316 g/mol. The molecule has 0 aliphatic carbocycles. The van der Waals surface area contributed by atoms with Crippen molar-refractivity contribution in [1.29, 1.82) is 0 Å². The average Bonchev–Trinajstić information content (AvgIpc) is 3.03. The van der Waals surface area contributed by atoms with Gasteiger partial charge in [0, 0.05) is 5.56 Å². The van der Waals surface area contributed by atoms with E-state index in [9.17, 15) is 8.42 Å². The Hall–Kier alpha value is -2.67. The van der Waals surface area contributed by atoms with E-state index in [1.165, 1.54) is 12.1 Å². The smallest absolute Gasteiger partial charge is 0.247 e. The molecule has 118 valence electrons. The molecular formula is C16H14N2O4S. The first-order valence-electron chi connectivity index (χ1n) is 6.83. The number of nitrogens with zero attached hydrogens (tertiary/aromatic N) is 2. The van der Waals surface area contributed by atoms with Gasteiger partial charge in [0.2, 0.25) is 11.8 Å². The zero-order valence-electron chi connectivity index (χ0n) is 12.3. The monoisotopic (exact) mass is 330 g/mol. The minimum absolute atomic E-state index is 0.0553. The molecule has 7 heteroatoms. The molecule has 0 N–H and O–H groups in total. The van der Waals surface area contributed by atoms with Crippen LogP contribution in [-0.2, 0) is 15.6 Å². The molecule has 3 aromatic rings. The topological polar surface area (TPSA) is 82.3 Å². The predicted molar refractivity (Wildman–Crippen MR) is 83.6 cm³/mol. The fraction of sp³-hybridized carbons (Fsp3) is 0.125. The summed E-state index contributed by atoms with van der Waals surface area (Å²) in [6.45, 7) is 0. The standard InChI is InChI=1S/C16H14N2O4S/c1-21-13-9-7-12(8-10-13)16-18-17-15(22-16)11-23(19,20)14-5-3-2-4-6-14/h2-10H,11H2,1H3. The van der Waals surface area contributed by atoms with Crippen molar-refractivity contribution in [3.8, 4) is 17.2 Å². The summed E-state index contributed by atoms with van der Waals surface area (Å²) in [5.74, 6) is 0.700. The van der Waals surface area contributed by atoms with Gasteiger partial charge >= 0.3 is 0 Å². The fourth-order valence-electron chi connectivity index (χ4n) is 2.04. The molecule has 0 aliphatic heterocycles. The third-order valence-corrected chi connectivity index (χ3v) is 4.84. The number of sulfone groups is 1. The Bertz CT molecular complexity index is 887. The second-order valence-corrected chi connectivity index (χ2v) is 6.79. The van der Waals surface area contributed by atoms with Crippen LogP contribution < -0.4 is 4.74 Å². The van der Waals surface area contributed by atoms with Crippen LogP contribution in [-0.4, -0.2) is 25.7 Å². The van der Waals surface area contributed by atoms with Crippen LogP contribution in [0.1, 0.15) is 5.89 Å². The van der Waals surface area contributed by atoms with Gasteiger partial charge in [-0.2, -0.15) is 0 Å².